The monoisotopic (exact) mass is 594 g/mol. The molecule has 42 heavy (non-hydrogen) atoms. The van der Waals surface area contributed by atoms with E-state index in [0.717, 1.165) is 29.7 Å². The number of benzene rings is 1. The lowest BCUT2D eigenvalue weighted by Crippen LogP contribution is -2.45. The molecule has 11 heteroatoms. The second-order valence-electron chi connectivity index (χ2n) is 11.1. The van der Waals surface area contributed by atoms with Crippen LogP contribution in [0.5, 0.6) is 0 Å². The van der Waals surface area contributed by atoms with Gasteiger partial charge in [0.05, 0.1) is 22.4 Å². The lowest BCUT2D eigenvalue weighted by atomic mass is 9.78. The Morgan fingerprint density at radius 3 is 2.57 bits per heavy atom. The summed E-state index contributed by atoms with van der Waals surface area (Å²) in [6.45, 7) is 2.14. The number of carbonyl (C=O) groups is 2. The van der Waals surface area contributed by atoms with E-state index in [4.69, 9.17) is 16.3 Å². The van der Waals surface area contributed by atoms with Gasteiger partial charge in [0, 0.05) is 38.2 Å². The van der Waals surface area contributed by atoms with Gasteiger partial charge in [-0.15, -0.1) is 0 Å². The minimum atomic E-state index is -0.878. The maximum Gasteiger partial charge on any atom is 0.323 e. The maximum absolute atomic E-state index is 15.2. The molecule has 222 valence electrons. The fourth-order valence-corrected chi connectivity index (χ4v) is 5.79. The van der Waals surface area contributed by atoms with Crippen LogP contribution in [0.25, 0.3) is 0 Å². The molecule has 3 heterocycles. The second kappa shape index (κ2) is 12.7. The molecule has 5 rings (SSSR count). The molecule has 1 aliphatic heterocycles. The molecule has 0 spiro atoms. The maximum atomic E-state index is 15.2. The van der Waals surface area contributed by atoms with Gasteiger partial charge in [-0.25, -0.2) is 14.2 Å². The van der Waals surface area contributed by atoms with Crippen LogP contribution in [0, 0.1) is 18.7 Å². The number of likely N-dealkylation sites (tertiary alicyclic amines) is 1. The Kier molecular flexibility index (Phi) is 9.05. The predicted octanol–water partition coefficient (Wildman–Crippen LogP) is 5.49. The van der Waals surface area contributed by atoms with E-state index in [2.05, 4.69) is 25.9 Å². The van der Waals surface area contributed by atoms with E-state index < -0.39 is 29.3 Å². The smallest absolute Gasteiger partial charge is 0.323 e. The summed E-state index contributed by atoms with van der Waals surface area (Å²) in [5.41, 5.74) is 2.19. The zero-order chi connectivity index (χ0) is 29.9. The van der Waals surface area contributed by atoms with Gasteiger partial charge in [0.25, 0.3) is 0 Å². The molecule has 3 amide bonds. The average molecular weight is 595 g/mol. The van der Waals surface area contributed by atoms with Crippen molar-refractivity contribution in [3.8, 4) is 0 Å². The van der Waals surface area contributed by atoms with Crippen LogP contribution in [-0.2, 0) is 15.1 Å². The number of amides is 3. The summed E-state index contributed by atoms with van der Waals surface area (Å²) in [5, 5.41) is 9.42. The van der Waals surface area contributed by atoms with E-state index in [9.17, 15) is 9.59 Å². The Morgan fingerprint density at radius 1 is 1.12 bits per heavy atom. The van der Waals surface area contributed by atoms with E-state index in [1.807, 2.05) is 26.1 Å². The fourth-order valence-electron chi connectivity index (χ4n) is 5.68. The second-order valence-corrected chi connectivity index (χ2v) is 11.5. The van der Waals surface area contributed by atoms with Crippen molar-refractivity contribution in [1.29, 1.82) is 0 Å². The van der Waals surface area contributed by atoms with Crippen molar-refractivity contribution >= 4 is 35.0 Å². The number of nitrogens with zero attached hydrogens (tertiary/aromatic N) is 3. The number of hydrogen-bond donors (Lipinski definition) is 3. The van der Waals surface area contributed by atoms with Gasteiger partial charge in [0.2, 0.25) is 5.91 Å². The number of hydrogen-bond acceptors (Lipinski definition) is 6. The zero-order valence-corrected chi connectivity index (χ0v) is 24.7. The molecule has 3 aromatic rings. The average Bonchev–Trinajstić information content (AvgIpc) is 3.71. The predicted molar refractivity (Wildman–Crippen MR) is 160 cm³/mol. The summed E-state index contributed by atoms with van der Waals surface area (Å²) in [6.07, 6.45) is 7.39. The highest BCUT2D eigenvalue weighted by Gasteiger charge is 2.41. The number of nitrogens with one attached hydrogen (secondary N) is 3. The quantitative estimate of drug-likeness (QED) is 0.286. The molecule has 2 aromatic heterocycles. The molecule has 2 aliphatic rings. The van der Waals surface area contributed by atoms with Crippen molar-refractivity contribution in [2.45, 2.75) is 56.7 Å². The number of pyridine rings is 2. The molecule has 1 aromatic carbocycles. The summed E-state index contributed by atoms with van der Waals surface area (Å²) < 4.78 is 20.7. The standard InChI is InChI=1S/C31H36ClFN6O3/c1-19-14-22(11-13-35-19)31(34-2,12-10-20-4-5-20)21-6-8-25(33)26(15-21)37-29(40)27-16-24(42-3)18-39(27)30(41)38-28-9-7-23(32)17-36-28/h6-9,11,13-15,17,20,24,27,34H,4-5,10,12,16,18H2,1-3H3,(H,37,40)(H,36,38,41)/t24-,27-,31?/m1/s1. The minimum Gasteiger partial charge on any atom is -0.380 e. The molecule has 1 saturated carbocycles. The Morgan fingerprint density at radius 2 is 1.90 bits per heavy atom. The Bertz CT molecular complexity index is 1440. The number of ether oxygens (including phenoxy) is 1. The van der Waals surface area contributed by atoms with E-state index in [0.29, 0.717) is 16.8 Å². The lowest BCUT2D eigenvalue weighted by molar-refractivity contribution is -0.119. The first-order valence-corrected chi connectivity index (χ1v) is 14.5. The Balaban J connectivity index is 1.40. The Labute approximate surface area is 250 Å². The number of carbonyl (C=O) groups excluding carboxylic acids is 2. The molecule has 9 nitrogen and oxygen atoms in total. The summed E-state index contributed by atoms with van der Waals surface area (Å²) in [5.74, 6) is -0.0776. The number of rotatable bonds is 10. The van der Waals surface area contributed by atoms with Gasteiger partial charge in [0.1, 0.15) is 17.7 Å². The highest BCUT2D eigenvalue weighted by atomic mass is 35.5. The minimum absolute atomic E-state index is 0.0508. The van der Waals surface area contributed by atoms with Crippen LogP contribution in [0.1, 0.15) is 48.9 Å². The summed E-state index contributed by atoms with van der Waals surface area (Å²) in [4.78, 5) is 36.6. The molecule has 0 radical (unpaired) electrons. The summed E-state index contributed by atoms with van der Waals surface area (Å²) >= 11 is 5.90. The first kappa shape index (κ1) is 29.9. The highest BCUT2D eigenvalue weighted by molar-refractivity contribution is 6.30. The van der Waals surface area contributed by atoms with Crippen molar-refractivity contribution in [3.05, 3.63) is 82.5 Å². The van der Waals surface area contributed by atoms with Gasteiger partial charge < -0.3 is 20.3 Å². The van der Waals surface area contributed by atoms with Crippen LogP contribution in [0.3, 0.4) is 0 Å². The van der Waals surface area contributed by atoms with Gasteiger partial charge in [-0.05, 0) is 80.3 Å². The molecule has 1 unspecified atom stereocenters. The van der Waals surface area contributed by atoms with Crippen LogP contribution in [0.15, 0.2) is 54.9 Å². The Hall–Kier alpha value is -3.60. The molecule has 3 N–H and O–H groups in total. The lowest BCUT2D eigenvalue weighted by Gasteiger charge is -2.36. The largest absolute Gasteiger partial charge is 0.380 e. The van der Waals surface area contributed by atoms with Crippen LogP contribution in [0.4, 0.5) is 20.7 Å². The van der Waals surface area contributed by atoms with Gasteiger partial charge in [0.15, 0.2) is 0 Å². The van der Waals surface area contributed by atoms with Crippen molar-refractivity contribution in [3.63, 3.8) is 0 Å². The van der Waals surface area contributed by atoms with E-state index in [1.165, 1.54) is 37.1 Å². The summed E-state index contributed by atoms with van der Waals surface area (Å²) in [6, 6.07) is 10.6. The van der Waals surface area contributed by atoms with E-state index in [-0.39, 0.29) is 24.8 Å². The van der Waals surface area contributed by atoms with Gasteiger partial charge in [-0.1, -0.05) is 30.5 Å². The third kappa shape index (κ3) is 6.56. The molecule has 0 bridgehead atoms. The van der Waals surface area contributed by atoms with Crippen molar-refractivity contribution in [1.82, 2.24) is 20.2 Å². The number of methoxy groups -OCH3 is 1. The first-order chi connectivity index (χ1) is 20.2. The van der Waals surface area contributed by atoms with Crippen LogP contribution in [-0.4, -0.2) is 59.7 Å². The van der Waals surface area contributed by atoms with E-state index in [1.54, 1.807) is 30.5 Å². The number of aromatic nitrogens is 2. The van der Waals surface area contributed by atoms with Crippen molar-refractivity contribution in [2.24, 2.45) is 5.92 Å². The SMILES string of the molecule is CNC(CCC1CC1)(c1ccnc(C)c1)c1ccc(F)c(NC(=O)[C@H]2C[C@@H](OC)CN2C(=O)Nc2ccc(Cl)cn2)c1. The molecule has 1 saturated heterocycles. The first-order valence-electron chi connectivity index (χ1n) is 14.2. The van der Waals surface area contributed by atoms with Crippen LogP contribution >= 0.6 is 11.6 Å². The van der Waals surface area contributed by atoms with E-state index >= 15 is 4.39 Å². The highest BCUT2D eigenvalue weighted by Crippen LogP contribution is 2.42. The number of halogens is 2. The van der Waals surface area contributed by atoms with Crippen LogP contribution in [0.2, 0.25) is 5.02 Å². The molecular weight excluding hydrogens is 559 g/mol. The van der Waals surface area contributed by atoms with Crippen molar-refractivity contribution < 1.29 is 18.7 Å². The number of urea groups is 1. The number of aryl methyl sites for hydroxylation is 1. The zero-order valence-electron chi connectivity index (χ0n) is 24.0. The van der Waals surface area contributed by atoms with Gasteiger partial charge in [-0.2, -0.15) is 0 Å². The molecule has 1 aliphatic carbocycles. The molecule has 2 fully saturated rings. The summed E-state index contributed by atoms with van der Waals surface area (Å²) in [7, 11) is 3.43. The fraction of sp³-hybridized carbons (Fsp3) is 0.419. The number of anilines is 2. The normalized spacial score (nSPS) is 19.8. The van der Waals surface area contributed by atoms with Gasteiger partial charge >= 0.3 is 6.03 Å². The van der Waals surface area contributed by atoms with Crippen molar-refractivity contribution in [2.75, 3.05) is 31.3 Å². The topological polar surface area (TPSA) is 108 Å². The molecule has 3 atom stereocenters. The van der Waals surface area contributed by atoms with Gasteiger partial charge in [-0.3, -0.25) is 15.1 Å². The van der Waals surface area contributed by atoms with Crippen LogP contribution < -0.4 is 16.0 Å². The third-order valence-electron chi connectivity index (χ3n) is 8.28. The third-order valence-corrected chi connectivity index (χ3v) is 8.50. The molecular formula is C31H36ClFN6O3.